The third kappa shape index (κ3) is 3.99. The number of aliphatic hydroxyl groups is 1. The lowest BCUT2D eigenvalue weighted by atomic mass is 9.86. The number of benzene rings is 1. The Morgan fingerprint density at radius 1 is 1.03 bits per heavy atom. The van der Waals surface area contributed by atoms with Crippen LogP contribution < -0.4 is 4.90 Å². The molecule has 1 aliphatic heterocycles. The standard InChI is InChI=1S/C19H22F6N2O3/c1-9(2)12-6-11(17(20,21)18(22,29)19(23,24)25)7-13(10(3)4)15(12)27(5)16-26-14(28)8-30-16/h6-7,9-10,29H,8H2,1-5H3. The number of alkyl halides is 6. The van der Waals surface area contributed by atoms with Gasteiger partial charge in [-0.1, -0.05) is 27.7 Å². The second-order valence-corrected chi connectivity index (χ2v) is 7.64. The average Bonchev–Trinajstić information content (AvgIpc) is 3.05. The Morgan fingerprint density at radius 2 is 1.50 bits per heavy atom. The number of ether oxygens (including phenoxy) is 1. The number of carbonyl (C=O) groups is 1. The molecule has 0 aliphatic carbocycles. The van der Waals surface area contributed by atoms with Gasteiger partial charge in [-0.15, -0.1) is 0 Å². The van der Waals surface area contributed by atoms with E-state index < -0.39 is 41.3 Å². The van der Waals surface area contributed by atoms with E-state index in [0.29, 0.717) is 5.69 Å². The molecule has 2 rings (SSSR count). The Hall–Kier alpha value is -2.30. The van der Waals surface area contributed by atoms with Crippen molar-refractivity contribution in [1.82, 2.24) is 0 Å². The molecule has 1 heterocycles. The van der Waals surface area contributed by atoms with Crippen molar-refractivity contribution in [3.05, 3.63) is 28.8 Å². The molecule has 0 spiro atoms. The highest BCUT2D eigenvalue weighted by Gasteiger charge is 2.71. The molecule has 11 heteroatoms. The number of hydrogen-bond donors (Lipinski definition) is 1. The monoisotopic (exact) mass is 440 g/mol. The summed E-state index contributed by atoms with van der Waals surface area (Å²) >= 11 is 0. The predicted molar refractivity (Wildman–Crippen MR) is 97.4 cm³/mol. The van der Waals surface area contributed by atoms with E-state index in [1.54, 1.807) is 27.7 Å². The van der Waals surface area contributed by atoms with Crippen molar-refractivity contribution in [3.63, 3.8) is 0 Å². The number of rotatable bonds is 5. The Balaban J connectivity index is 2.77. The van der Waals surface area contributed by atoms with E-state index in [-0.39, 0.29) is 23.8 Å². The molecular weight excluding hydrogens is 418 g/mol. The summed E-state index contributed by atoms with van der Waals surface area (Å²) in [5, 5.41) is 9.04. The van der Waals surface area contributed by atoms with E-state index in [9.17, 15) is 31.1 Å². The molecule has 1 unspecified atom stereocenters. The number of aliphatic imine (C=N–C) groups is 1. The minimum atomic E-state index is -6.21. The van der Waals surface area contributed by atoms with Gasteiger partial charge in [0.15, 0.2) is 6.61 Å². The van der Waals surface area contributed by atoms with E-state index in [4.69, 9.17) is 9.84 Å². The van der Waals surface area contributed by atoms with E-state index in [2.05, 4.69) is 4.99 Å². The number of nitrogens with zero attached hydrogens (tertiary/aromatic N) is 2. The Bertz CT molecular complexity index is 833. The van der Waals surface area contributed by atoms with Crippen molar-refractivity contribution in [3.8, 4) is 0 Å². The van der Waals surface area contributed by atoms with Crippen LogP contribution in [0.15, 0.2) is 17.1 Å². The Labute approximate surface area is 169 Å². The lowest BCUT2D eigenvalue weighted by molar-refractivity contribution is -0.390. The van der Waals surface area contributed by atoms with Crippen molar-refractivity contribution in [2.75, 3.05) is 18.6 Å². The second kappa shape index (κ2) is 7.75. The molecule has 1 N–H and O–H groups in total. The highest BCUT2D eigenvalue weighted by atomic mass is 19.4. The van der Waals surface area contributed by atoms with Gasteiger partial charge in [0.2, 0.25) is 0 Å². The molecule has 1 aromatic rings. The molecule has 0 saturated carbocycles. The van der Waals surface area contributed by atoms with Crippen LogP contribution in [0.3, 0.4) is 0 Å². The molecule has 1 aromatic carbocycles. The number of anilines is 1. The largest absolute Gasteiger partial charge is 0.455 e. The molecule has 1 amide bonds. The fourth-order valence-corrected chi connectivity index (χ4v) is 3.06. The van der Waals surface area contributed by atoms with Gasteiger partial charge in [0.1, 0.15) is 0 Å². The zero-order valence-electron chi connectivity index (χ0n) is 16.9. The first-order chi connectivity index (χ1) is 13.5. The van der Waals surface area contributed by atoms with Crippen molar-refractivity contribution in [1.29, 1.82) is 0 Å². The zero-order chi connectivity index (χ0) is 23.2. The van der Waals surface area contributed by atoms with Crippen LogP contribution in [-0.2, 0) is 15.5 Å². The van der Waals surface area contributed by atoms with Crippen molar-refractivity contribution in [2.45, 2.75) is 57.5 Å². The van der Waals surface area contributed by atoms with Gasteiger partial charge < -0.3 is 9.84 Å². The van der Waals surface area contributed by atoms with Gasteiger partial charge in [-0.25, -0.2) is 0 Å². The average molecular weight is 440 g/mol. The SMILES string of the molecule is CC(C)c1cc(C(F)(F)C(O)(F)C(F)(F)F)cc(C(C)C)c1N(C)C1=NC(=O)CO1. The van der Waals surface area contributed by atoms with Crippen molar-refractivity contribution >= 4 is 17.6 Å². The minimum Gasteiger partial charge on any atom is -0.454 e. The molecule has 1 aliphatic rings. The normalized spacial score (nSPS) is 17.3. The topological polar surface area (TPSA) is 62.1 Å². The van der Waals surface area contributed by atoms with Crippen molar-refractivity contribution < 1.29 is 41.0 Å². The first kappa shape index (κ1) is 24.0. The van der Waals surface area contributed by atoms with Crippen LogP contribution >= 0.6 is 0 Å². The molecule has 168 valence electrons. The maximum atomic E-state index is 14.5. The van der Waals surface area contributed by atoms with Crippen LogP contribution in [0.25, 0.3) is 0 Å². The van der Waals surface area contributed by atoms with Gasteiger partial charge in [0, 0.05) is 12.6 Å². The van der Waals surface area contributed by atoms with E-state index in [1.165, 1.54) is 11.9 Å². The molecule has 0 fully saturated rings. The summed E-state index contributed by atoms with van der Waals surface area (Å²) in [5.74, 6) is -12.6. The summed E-state index contributed by atoms with van der Waals surface area (Å²) in [4.78, 5) is 16.4. The third-order valence-corrected chi connectivity index (χ3v) is 4.73. The fraction of sp³-hybridized carbons (Fsp3) is 0.579. The van der Waals surface area contributed by atoms with Crippen LogP contribution in [-0.4, -0.2) is 42.7 Å². The number of hydrogen-bond acceptors (Lipinski definition) is 4. The Morgan fingerprint density at radius 3 is 1.83 bits per heavy atom. The first-order valence-electron chi connectivity index (χ1n) is 9.04. The van der Waals surface area contributed by atoms with E-state index >= 15 is 0 Å². The van der Waals surface area contributed by atoms with Crippen molar-refractivity contribution in [2.24, 2.45) is 4.99 Å². The van der Waals surface area contributed by atoms with Crippen LogP contribution in [0.4, 0.5) is 32.0 Å². The molecule has 1 atom stereocenters. The predicted octanol–water partition coefficient (Wildman–Crippen LogP) is 4.59. The summed E-state index contributed by atoms with van der Waals surface area (Å²) in [6.07, 6.45) is -6.21. The summed E-state index contributed by atoms with van der Waals surface area (Å²) < 4.78 is 86.6. The van der Waals surface area contributed by atoms with Crippen LogP contribution in [0, 0.1) is 0 Å². The molecule has 5 nitrogen and oxygen atoms in total. The summed E-state index contributed by atoms with van der Waals surface area (Å²) in [6.45, 7) is 6.11. The molecule has 0 radical (unpaired) electrons. The summed E-state index contributed by atoms with van der Waals surface area (Å²) in [6, 6.07) is 1.34. The van der Waals surface area contributed by atoms with Crippen LogP contribution in [0.5, 0.6) is 0 Å². The number of amides is 1. The minimum absolute atomic E-state index is 0.0967. The number of halogens is 6. The van der Waals surface area contributed by atoms with E-state index in [0.717, 1.165) is 12.1 Å². The lowest BCUT2D eigenvalue weighted by Gasteiger charge is -2.33. The molecular formula is C19H22F6N2O3. The maximum absolute atomic E-state index is 14.5. The molecule has 0 aromatic heterocycles. The zero-order valence-corrected chi connectivity index (χ0v) is 16.9. The van der Waals surface area contributed by atoms with Gasteiger partial charge in [-0.05, 0) is 35.1 Å². The van der Waals surface area contributed by atoms with E-state index in [1.807, 2.05) is 0 Å². The molecule has 30 heavy (non-hydrogen) atoms. The van der Waals surface area contributed by atoms with Gasteiger partial charge >= 0.3 is 18.0 Å². The molecule has 0 bridgehead atoms. The summed E-state index contributed by atoms with van der Waals surface area (Å²) in [7, 11) is 1.46. The fourth-order valence-electron chi connectivity index (χ4n) is 3.06. The quantitative estimate of drug-likeness (QED) is 0.681. The van der Waals surface area contributed by atoms with Gasteiger partial charge in [-0.2, -0.15) is 31.3 Å². The van der Waals surface area contributed by atoms with Gasteiger partial charge in [0.05, 0.1) is 5.69 Å². The Kier molecular flexibility index (Phi) is 6.19. The second-order valence-electron chi connectivity index (χ2n) is 7.64. The number of amidine groups is 1. The third-order valence-electron chi connectivity index (χ3n) is 4.73. The first-order valence-corrected chi connectivity index (χ1v) is 9.04. The van der Waals surface area contributed by atoms with Gasteiger partial charge in [-0.3, -0.25) is 9.69 Å². The highest BCUT2D eigenvalue weighted by Crippen LogP contribution is 2.51. The van der Waals surface area contributed by atoms with Crippen LogP contribution in [0.1, 0.15) is 56.2 Å². The highest BCUT2D eigenvalue weighted by molar-refractivity contribution is 6.04. The lowest BCUT2D eigenvalue weighted by Crippen LogP contribution is -2.53. The molecule has 0 saturated heterocycles. The summed E-state index contributed by atoms with van der Waals surface area (Å²) in [5.41, 5.74) is -0.744. The van der Waals surface area contributed by atoms with Crippen LogP contribution in [0.2, 0.25) is 0 Å². The van der Waals surface area contributed by atoms with Gasteiger partial charge in [0.25, 0.3) is 11.9 Å². The maximum Gasteiger partial charge on any atom is 0.455 e. The smallest absolute Gasteiger partial charge is 0.454 e. The number of carbonyl (C=O) groups excluding carboxylic acids is 1.